The normalized spacial score (nSPS) is 15.1. The van der Waals surface area contributed by atoms with E-state index in [-0.39, 0.29) is 23.4 Å². The maximum absolute atomic E-state index is 13.5. The van der Waals surface area contributed by atoms with Crippen molar-refractivity contribution in [3.63, 3.8) is 0 Å². The topological polar surface area (TPSA) is 90.3 Å². The number of furan rings is 1. The molecule has 1 aromatic carbocycles. The van der Waals surface area contributed by atoms with Gasteiger partial charge in [-0.05, 0) is 30.3 Å². The fourth-order valence-corrected chi connectivity index (χ4v) is 3.16. The Hall–Kier alpha value is -3.20. The number of rotatable bonds is 6. The lowest BCUT2D eigenvalue weighted by Gasteiger charge is -2.31. The predicted octanol–water partition coefficient (Wildman–Crippen LogP) is 1.28. The SMILES string of the molecule is COc1ccc(F)cc1C[NH+]1CCN(C(=O)/C=C/c2ccc([N+](=O)[O-])o2)CC1. The van der Waals surface area contributed by atoms with Gasteiger partial charge in [-0.15, -0.1) is 0 Å². The van der Waals surface area contributed by atoms with E-state index in [1.807, 2.05) is 0 Å². The van der Waals surface area contributed by atoms with Gasteiger partial charge in [-0.25, -0.2) is 4.39 Å². The molecule has 1 aliphatic rings. The van der Waals surface area contributed by atoms with Gasteiger partial charge in [0.15, 0.2) is 0 Å². The first-order chi connectivity index (χ1) is 13.5. The molecule has 1 N–H and O–H groups in total. The van der Waals surface area contributed by atoms with Gasteiger partial charge in [0.25, 0.3) is 0 Å². The number of halogens is 1. The van der Waals surface area contributed by atoms with Gasteiger partial charge in [0, 0.05) is 6.08 Å². The third-order valence-corrected chi connectivity index (χ3v) is 4.65. The van der Waals surface area contributed by atoms with E-state index >= 15 is 0 Å². The molecule has 0 bridgehead atoms. The molecule has 148 valence electrons. The average molecular weight is 390 g/mol. The first-order valence-corrected chi connectivity index (χ1v) is 8.83. The minimum atomic E-state index is -0.630. The Morgan fingerprint density at radius 2 is 2.11 bits per heavy atom. The number of methoxy groups -OCH3 is 1. The van der Waals surface area contributed by atoms with Crippen LogP contribution in [0.1, 0.15) is 11.3 Å². The molecule has 28 heavy (non-hydrogen) atoms. The van der Waals surface area contributed by atoms with Crippen molar-refractivity contribution >= 4 is 17.9 Å². The number of nitrogens with one attached hydrogen (secondary N) is 1. The van der Waals surface area contributed by atoms with Crippen molar-refractivity contribution in [2.75, 3.05) is 33.3 Å². The van der Waals surface area contributed by atoms with E-state index in [9.17, 15) is 19.3 Å². The third kappa shape index (κ3) is 4.74. The molecule has 8 nitrogen and oxygen atoms in total. The maximum atomic E-state index is 13.5. The number of nitrogens with zero attached hydrogens (tertiary/aromatic N) is 2. The Morgan fingerprint density at radius 1 is 1.36 bits per heavy atom. The van der Waals surface area contributed by atoms with Crippen LogP contribution >= 0.6 is 0 Å². The highest BCUT2D eigenvalue weighted by molar-refractivity contribution is 5.91. The first-order valence-electron chi connectivity index (χ1n) is 8.83. The molecule has 9 heteroatoms. The van der Waals surface area contributed by atoms with E-state index in [2.05, 4.69) is 0 Å². The van der Waals surface area contributed by atoms with Crippen LogP contribution in [0.3, 0.4) is 0 Å². The highest BCUT2D eigenvalue weighted by atomic mass is 19.1. The van der Waals surface area contributed by atoms with Gasteiger partial charge in [-0.3, -0.25) is 14.9 Å². The van der Waals surface area contributed by atoms with Gasteiger partial charge in [-0.2, -0.15) is 0 Å². The lowest BCUT2D eigenvalue weighted by Crippen LogP contribution is -3.13. The van der Waals surface area contributed by atoms with Gasteiger partial charge in [-0.1, -0.05) is 0 Å². The number of hydrogen-bond acceptors (Lipinski definition) is 5. The Labute approximate surface area is 160 Å². The Bertz CT molecular complexity index is 887. The molecular formula is C19H21FN3O5+. The second kappa shape index (κ2) is 8.66. The molecule has 1 aliphatic heterocycles. The molecule has 0 saturated carbocycles. The number of ether oxygens (including phenoxy) is 1. The lowest BCUT2D eigenvalue weighted by atomic mass is 10.1. The predicted molar refractivity (Wildman–Crippen MR) is 98.3 cm³/mol. The second-order valence-electron chi connectivity index (χ2n) is 6.47. The van der Waals surface area contributed by atoms with E-state index in [1.165, 1.54) is 41.3 Å². The number of piperazine rings is 1. The quantitative estimate of drug-likeness (QED) is 0.456. The van der Waals surface area contributed by atoms with Gasteiger partial charge in [0.2, 0.25) is 5.91 Å². The zero-order chi connectivity index (χ0) is 20.1. The Balaban J connectivity index is 1.53. The zero-order valence-corrected chi connectivity index (χ0v) is 15.4. The van der Waals surface area contributed by atoms with Gasteiger partial charge < -0.3 is 19.0 Å². The number of quaternary nitrogens is 1. The lowest BCUT2D eigenvalue weighted by molar-refractivity contribution is -0.917. The summed E-state index contributed by atoms with van der Waals surface area (Å²) in [5.41, 5.74) is 0.802. The number of benzene rings is 1. The molecule has 3 rings (SSSR count). The van der Waals surface area contributed by atoms with Crippen LogP contribution in [0.25, 0.3) is 6.08 Å². The summed E-state index contributed by atoms with van der Waals surface area (Å²) < 4.78 is 23.8. The monoisotopic (exact) mass is 390 g/mol. The number of carbonyl (C=O) groups excluding carboxylic acids is 1. The summed E-state index contributed by atoms with van der Waals surface area (Å²) in [5.74, 6) is 0.0660. The van der Waals surface area contributed by atoms with Crippen molar-refractivity contribution in [1.82, 2.24) is 4.90 Å². The minimum Gasteiger partial charge on any atom is -0.496 e. The molecule has 0 atom stereocenters. The zero-order valence-electron chi connectivity index (χ0n) is 15.4. The minimum absolute atomic E-state index is 0.179. The standard InChI is InChI=1S/C19H20FN3O5/c1-27-17-5-2-15(20)12-14(17)13-21-8-10-22(11-9-21)18(24)6-3-16-4-7-19(28-16)23(25)26/h2-7,12H,8-11,13H2,1H3/p+1/b6-3+. The van der Waals surface area contributed by atoms with Crippen LogP contribution in [0.2, 0.25) is 0 Å². The van der Waals surface area contributed by atoms with Crippen molar-refractivity contribution < 1.29 is 28.2 Å². The molecule has 1 amide bonds. The van der Waals surface area contributed by atoms with E-state index in [0.717, 1.165) is 18.7 Å². The number of carbonyl (C=O) groups is 1. The highest BCUT2D eigenvalue weighted by Crippen LogP contribution is 2.18. The molecule has 2 aromatic rings. The number of nitro groups is 1. The highest BCUT2D eigenvalue weighted by Gasteiger charge is 2.23. The van der Waals surface area contributed by atoms with Crippen LogP contribution in [0.5, 0.6) is 5.75 Å². The van der Waals surface area contributed by atoms with Crippen molar-refractivity contribution in [2.45, 2.75) is 6.54 Å². The summed E-state index contributed by atoms with van der Waals surface area (Å²) in [7, 11) is 1.56. The van der Waals surface area contributed by atoms with Crippen molar-refractivity contribution in [3.8, 4) is 5.75 Å². The third-order valence-electron chi connectivity index (χ3n) is 4.65. The largest absolute Gasteiger partial charge is 0.496 e. The molecule has 1 fully saturated rings. The molecule has 0 aliphatic carbocycles. The van der Waals surface area contributed by atoms with Crippen LogP contribution in [0, 0.1) is 15.9 Å². The molecule has 1 saturated heterocycles. The fraction of sp³-hybridized carbons (Fsp3) is 0.316. The van der Waals surface area contributed by atoms with E-state index in [1.54, 1.807) is 18.1 Å². The summed E-state index contributed by atoms with van der Waals surface area (Å²) >= 11 is 0. The summed E-state index contributed by atoms with van der Waals surface area (Å²) in [6, 6.07) is 7.15. The van der Waals surface area contributed by atoms with E-state index < -0.39 is 4.92 Å². The van der Waals surface area contributed by atoms with Gasteiger partial charge in [0.05, 0.1) is 44.9 Å². The van der Waals surface area contributed by atoms with Crippen LogP contribution in [0.4, 0.5) is 10.3 Å². The fourth-order valence-electron chi connectivity index (χ4n) is 3.16. The van der Waals surface area contributed by atoms with Gasteiger partial charge in [0.1, 0.15) is 28.8 Å². The molecule has 0 spiro atoms. The van der Waals surface area contributed by atoms with Crippen LogP contribution < -0.4 is 9.64 Å². The van der Waals surface area contributed by atoms with Crippen LogP contribution in [-0.2, 0) is 11.3 Å². The van der Waals surface area contributed by atoms with Crippen molar-refractivity contribution in [2.24, 2.45) is 0 Å². The molecule has 0 unspecified atom stereocenters. The summed E-state index contributed by atoms with van der Waals surface area (Å²) in [5, 5.41) is 10.6. The maximum Gasteiger partial charge on any atom is 0.433 e. The average Bonchev–Trinajstić information content (AvgIpc) is 3.16. The van der Waals surface area contributed by atoms with Crippen molar-refractivity contribution in [3.05, 3.63) is 63.7 Å². The Morgan fingerprint density at radius 3 is 2.75 bits per heavy atom. The van der Waals surface area contributed by atoms with Crippen LogP contribution in [0.15, 0.2) is 40.8 Å². The first kappa shape index (κ1) is 19.6. The Kier molecular flexibility index (Phi) is 6.05. The molecule has 1 aromatic heterocycles. The van der Waals surface area contributed by atoms with E-state index in [4.69, 9.17) is 9.15 Å². The molecule has 2 heterocycles. The molecule has 0 radical (unpaired) electrons. The van der Waals surface area contributed by atoms with Gasteiger partial charge >= 0.3 is 5.88 Å². The number of amides is 1. The second-order valence-corrected chi connectivity index (χ2v) is 6.47. The summed E-state index contributed by atoms with van der Waals surface area (Å²) in [6.07, 6.45) is 2.77. The summed E-state index contributed by atoms with van der Waals surface area (Å²) in [6.45, 7) is 3.20. The van der Waals surface area contributed by atoms with E-state index in [0.29, 0.717) is 25.4 Å². The smallest absolute Gasteiger partial charge is 0.433 e. The number of hydrogen-bond donors (Lipinski definition) is 1. The van der Waals surface area contributed by atoms with Crippen LogP contribution in [-0.4, -0.2) is 49.0 Å². The summed E-state index contributed by atoms with van der Waals surface area (Å²) in [4.78, 5) is 25.2. The molecular weight excluding hydrogens is 369 g/mol. The van der Waals surface area contributed by atoms with Crippen molar-refractivity contribution in [1.29, 1.82) is 0 Å².